The van der Waals surface area contributed by atoms with E-state index < -0.39 is 5.97 Å². The number of aromatic nitrogens is 2. The van der Waals surface area contributed by atoms with E-state index in [1.807, 2.05) is 0 Å². The van der Waals surface area contributed by atoms with Gasteiger partial charge < -0.3 is 14.0 Å². The van der Waals surface area contributed by atoms with Gasteiger partial charge in [0.1, 0.15) is 5.75 Å². The van der Waals surface area contributed by atoms with E-state index in [2.05, 4.69) is 26.1 Å². The summed E-state index contributed by atoms with van der Waals surface area (Å²) in [6.45, 7) is -0.173. The van der Waals surface area contributed by atoms with E-state index in [0.717, 1.165) is 10.0 Å². The summed E-state index contributed by atoms with van der Waals surface area (Å²) in [4.78, 5) is 28.5. The summed E-state index contributed by atoms with van der Waals surface area (Å²) in [7, 11) is 1.48. The molecule has 0 amide bonds. The van der Waals surface area contributed by atoms with Crippen LogP contribution < -0.4 is 4.74 Å². The first kappa shape index (κ1) is 21.0. The normalized spacial score (nSPS) is 10.6. The number of ketones is 1. The van der Waals surface area contributed by atoms with Gasteiger partial charge >= 0.3 is 5.97 Å². The minimum absolute atomic E-state index is 0.00843. The molecule has 0 unspecified atom stereocenters. The molecule has 0 saturated carbocycles. The summed E-state index contributed by atoms with van der Waals surface area (Å²) in [5, 5.41) is 4.44. The quantitative estimate of drug-likeness (QED) is 0.336. The lowest BCUT2D eigenvalue weighted by Crippen LogP contribution is -2.09. The smallest absolute Gasteiger partial charge is 0.306 e. The fourth-order valence-electron chi connectivity index (χ4n) is 2.49. The van der Waals surface area contributed by atoms with Crippen LogP contribution in [-0.2, 0) is 16.1 Å². The Morgan fingerprint density at radius 1 is 1.14 bits per heavy atom. The van der Waals surface area contributed by atoms with Crippen molar-refractivity contribution in [2.45, 2.75) is 19.4 Å². The fraction of sp³-hybridized carbons (Fsp3) is 0.200. The van der Waals surface area contributed by atoms with Crippen LogP contribution in [0.2, 0.25) is 5.02 Å². The average molecular weight is 480 g/mol. The van der Waals surface area contributed by atoms with Crippen LogP contribution in [0.15, 0.2) is 51.5 Å². The first-order valence-corrected chi connectivity index (χ1v) is 9.74. The third kappa shape index (κ3) is 5.65. The van der Waals surface area contributed by atoms with Crippen molar-refractivity contribution in [3.8, 4) is 17.1 Å². The van der Waals surface area contributed by atoms with Gasteiger partial charge in [-0.3, -0.25) is 9.59 Å². The number of methoxy groups -OCH3 is 1. The number of carbonyl (C=O) groups is 2. The van der Waals surface area contributed by atoms with Gasteiger partial charge in [0, 0.05) is 21.5 Å². The molecule has 0 bridgehead atoms. The maximum atomic E-state index is 12.4. The predicted molar refractivity (Wildman–Crippen MR) is 109 cm³/mol. The van der Waals surface area contributed by atoms with E-state index >= 15 is 0 Å². The average Bonchev–Trinajstić information content (AvgIpc) is 3.20. The third-order valence-corrected chi connectivity index (χ3v) is 4.69. The minimum atomic E-state index is -0.543. The van der Waals surface area contributed by atoms with Crippen molar-refractivity contribution in [1.82, 2.24) is 10.1 Å². The SMILES string of the molecule is COc1ccc(Br)cc1C(=O)CCC(=O)OCc1nc(-c2ccc(Cl)cc2)no1. The van der Waals surface area contributed by atoms with Crippen molar-refractivity contribution in [2.24, 2.45) is 0 Å². The molecule has 0 spiro atoms. The van der Waals surface area contributed by atoms with Crippen LogP contribution in [0.25, 0.3) is 11.4 Å². The molecular formula is C20H16BrClN2O5. The van der Waals surface area contributed by atoms with Crippen LogP contribution in [0.5, 0.6) is 5.75 Å². The standard InChI is InChI=1S/C20H16BrClN2O5/c1-27-17-8-4-13(21)10-15(17)16(25)7-9-19(26)28-11-18-23-20(24-29-18)12-2-5-14(22)6-3-12/h2-6,8,10H,7,9,11H2,1H3. The van der Waals surface area contributed by atoms with Crippen LogP contribution in [0.4, 0.5) is 0 Å². The number of benzene rings is 2. The largest absolute Gasteiger partial charge is 0.496 e. The molecule has 29 heavy (non-hydrogen) atoms. The highest BCUT2D eigenvalue weighted by molar-refractivity contribution is 9.10. The summed E-state index contributed by atoms with van der Waals surface area (Å²) >= 11 is 9.17. The Kier molecular flexibility index (Phi) is 7.00. The first-order valence-electron chi connectivity index (χ1n) is 8.57. The number of hydrogen-bond donors (Lipinski definition) is 0. The van der Waals surface area contributed by atoms with Gasteiger partial charge in [-0.1, -0.05) is 32.7 Å². The zero-order valence-electron chi connectivity index (χ0n) is 15.4. The Hall–Kier alpha value is -2.71. The van der Waals surface area contributed by atoms with E-state index in [0.29, 0.717) is 22.2 Å². The molecule has 1 aromatic heterocycles. The van der Waals surface area contributed by atoms with Gasteiger partial charge in [-0.2, -0.15) is 4.98 Å². The maximum Gasteiger partial charge on any atom is 0.306 e. The van der Waals surface area contributed by atoms with Crippen LogP contribution in [0, 0.1) is 0 Å². The van der Waals surface area contributed by atoms with Crippen LogP contribution in [0.3, 0.4) is 0 Å². The molecule has 1 heterocycles. The van der Waals surface area contributed by atoms with Crippen LogP contribution in [0.1, 0.15) is 29.1 Å². The molecule has 0 atom stereocenters. The van der Waals surface area contributed by atoms with Crippen LogP contribution >= 0.6 is 27.5 Å². The van der Waals surface area contributed by atoms with Gasteiger partial charge in [-0.15, -0.1) is 0 Å². The van der Waals surface area contributed by atoms with Gasteiger partial charge in [-0.05, 0) is 42.5 Å². The lowest BCUT2D eigenvalue weighted by atomic mass is 10.1. The Bertz CT molecular complexity index is 1020. The molecule has 3 rings (SSSR count). The number of halogens is 2. The molecule has 0 N–H and O–H groups in total. The summed E-state index contributed by atoms with van der Waals surface area (Å²) < 4.78 is 16.1. The molecule has 9 heteroatoms. The zero-order chi connectivity index (χ0) is 20.8. The van der Waals surface area contributed by atoms with Gasteiger partial charge in [0.25, 0.3) is 5.89 Å². The van der Waals surface area contributed by atoms with Crippen LogP contribution in [-0.4, -0.2) is 29.0 Å². The van der Waals surface area contributed by atoms with E-state index in [9.17, 15) is 9.59 Å². The van der Waals surface area contributed by atoms with Crippen molar-refractivity contribution >= 4 is 39.3 Å². The number of ether oxygens (including phenoxy) is 2. The zero-order valence-corrected chi connectivity index (χ0v) is 17.7. The Balaban J connectivity index is 1.51. The number of hydrogen-bond acceptors (Lipinski definition) is 7. The molecule has 150 valence electrons. The fourth-order valence-corrected chi connectivity index (χ4v) is 2.98. The first-order chi connectivity index (χ1) is 14.0. The molecule has 0 fully saturated rings. The molecule has 0 radical (unpaired) electrons. The highest BCUT2D eigenvalue weighted by Gasteiger charge is 2.16. The Morgan fingerprint density at radius 2 is 1.90 bits per heavy atom. The third-order valence-electron chi connectivity index (χ3n) is 3.95. The predicted octanol–water partition coefficient (Wildman–Crippen LogP) is 4.87. The van der Waals surface area contributed by atoms with Gasteiger partial charge in [-0.25, -0.2) is 0 Å². The molecule has 0 aliphatic heterocycles. The number of Topliss-reactive ketones (excluding diaryl/α,β-unsaturated/α-hetero) is 1. The lowest BCUT2D eigenvalue weighted by molar-refractivity contribution is -0.145. The summed E-state index contributed by atoms with van der Waals surface area (Å²) in [6.07, 6.45) is -0.0851. The van der Waals surface area contributed by atoms with Gasteiger partial charge in [0.05, 0.1) is 19.1 Å². The van der Waals surface area contributed by atoms with E-state index in [1.165, 1.54) is 7.11 Å². The molecule has 0 saturated heterocycles. The van der Waals surface area contributed by atoms with Gasteiger partial charge in [0.15, 0.2) is 12.4 Å². The minimum Gasteiger partial charge on any atom is -0.496 e. The number of esters is 1. The van der Waals surface area contributed by atoms with Crippen molar-refractivity contribution < 1.29 is 23.6 Å². The summed E-state index contributed by atoms with van der Waals surface area (Å²) in [6, 6.07) is 12.0. The molecule has 0 aliphatic carbocycles. The molecule has 3 aromatic rings. The van der Waals surface area contributed by atoms with Crippen molar-refractivity contribution in [2.75, 3.05) is 7.11 Å². The Labute approximate surface area is 180 Å². The lowest BCUT2D eigenvalue weighted by Gasteiger charge is -2.08. The number of carbonyl (C=O) groups excluding carboxylic acids is 2. The maximum absolute atomic E-state index is 12.4. The second-order valence-corrected chi connectivity index (χ2v) is 7.30. The summed E-state index contributed by atoms with van der Waals surface area (Å²) in [5.41, 5.74) is 1.13. The van der Waals surface area contributed by atoms with E-state index in [1.54, 1.807) is 42.5 Å². The van der Waals surface area contributed by atoms with E-state index in [-0.39, 0.29) is 31.1 Å². The second kappa shape index (κ2) is 9.67. The monoisotopic (exact) mass is 478 g/mol. The van der Waals surface area contributed by atoms with Crippen molar-refractivity contribution in [1.29, 1.82) is 0 Å². The Morgan fingerprint density at radius 3 is 2.62 bits per heavy atom. The molecule has 2 aromatic carbocycles. The highest BCUT2D eigenvalue weighted by Crippen LogP contribution is 2.25. The second-order valence-electron chi connectivity index (χ2n) is 5.95. The summed E-state index contributed by atoms with van der Waals surface area (Å²) in [5.74, 6) is 0.210. The number of nitrogens with zero attached hydrogens (tertiary/aromatic N) is 2. The topological polar surface area (TPSA) is 91.5 Å². The molecule has 7 nitrogen and oxygen atoms in total. The van der Waals surface area contributed by atoms with Gasteiger partial charge in [0.2, 0.25) is 5.82 Å². The highest BCUT2D eigenvalue weighted by atomic mass is 79.9. The van der Waals surface area contributed by atoms with Crippen molar-refractivity contribution in [3.63, 3.8) is 0 Å². The number of rotatable bonds is 8. The van der Waals surface area contributed by atoms with E-state index in [4.69, 9.17) is 25.6 Å². The van der Waals surface area contributed by atoms with Crippen molar-refractivity contribution in [3.05, 3.63) is 63.4 Å². The molecular weight excluding hydrogens is 464 g/mol. The molecule has 0 aliphatic rings.